The first-order chi connectivity index (χ1) is 16.4. The predicted molar refractivity (Wildman–Crippen MR) is 138 cm³/mol. The van der Waals surface area contributed by atoms with Gasteiger partial charge in [0, 0.05) is 51.7 Å². The number of hydrogen-bond acceptors (Lipinski definition) is 4. The Morgan fingerprint density at radius 3 is 2.37 bits per heavy atom. The van der Waals surface area contributed by atoms with E-state index in [2.05, 4.69) is 23.5 Å². The lowest BCUT2D eigenvalue weighted by Gasteiger charge is -2.28. The van der Waals surface area contributed by atoms with Gasteiger partial charge in [0.2, 0.25) is 0 Å². The van der Waals surface area contributed by atoms with Crippen molar-refractivity contribution in [1.29, 1.82) is 0 Å². The molecule has 184 valence electrons. The summed E-state index contributed by atoms with van der Waals surface area (Å²) in [5.74, 6) is -1.05. The molecule has 7 nitrogen and oxygen atoms in total. The first-order valence-electron chi connectivity index (χ1n) is 11.5. The molecule has 4 aromatic rings. The maximum absolute atomic E-state index is 12.5. The summed E-state index contributed by atoms with van der Waals surface area (Å²) in [7, 11) is 1.89. The van der Waals surface area contributed by atoms with Crippen LogP contribution < -0.4 is 0 Å². The Bertz CT molecular complexity index is 1410. The number of nitrogens with zero attached hydrogens (tertiary/aromatic N) is 4. The van der Waals surface area contributed by atoms with Gasteiger partial charge >= 0.3 is 5.97 Å². The lowest BCUT2D eigenvalue weighted by Crippen LogP contribution is -2.28. The van der Waals surface area contributed by atoms with Gasteiger partial charge in [-0.15, -0.1) is 0 Å². The number of ether oxygens (including phenoxy) is 1. The van der Waals surface area contributed by atoms with Crippen molar-refractivity contribution in [2.24, 2.45) is 7.05 Å². The average molecular weight is 495 g/mol. The van der Waals surface area contributed by atoms with Gasteiger partial charge in [-0.05, 0) is 64.8 Å². The largest absolute Gasteiger partial charge is 0.479 e. The normalized spacial score (nSPS) is 12.9. The molecule has 0 saturated heterocycles. The van der Waals surface area contributed by atoms with Crippen LogP contribution in [-0.2, 0) is 23.1 Å². The zero-order chi connectivity index (χ0) is 25.7. The summed E-state index contributed by atoms with van der Waals surface area (Å²) in [6, 6.07) is 7.47. The Kier molecular flexibility index (Phi) is 6.51. The number of aromatic nitrogens is 4. The first-order valence-corrected chi connectivity index (χ1v) is 11.9. The predicted octanol–water partition coefficient (Wildman–Crippen LogP) is 6.00. The summed E-state index contributed by atoms with van der Waals surface area (Å²) in [6.45, 7) is 12.1. The van der Waals surface area contributed by atoms with E-state index in [0.29, 0.717) is 22.8 Å². The topological polar surface area (TPSA) is 82.2 Å². The minimum Gasteiger partial charge on any atom is -0.479 e. The van der Waals surface area contributed by atoms with Crippen LogP contribution >= 0.6 is 11.6 Å². The van der Waals surface area contributed by atoms with Gasteiger partial charge in [-0.3, -0.25) is 4.68 Å². The molecule has 1 N–H and O–H groups in total. The second-order valence-corrected chi connectivity index (χ2v) is 10.4. The van der Waals surface area contributed by atoms with Crippen LogP contribution in [-0.4, -0.2) is 36.0 Å². The average Bonchev–Trinajstić information content (AvgIpc) is 3.28. The second kappa shape index (κ2) is 9.13. The van der Waals surface area contributed by atoms with Crippen molar-refractivity contribution >= 4 is 28.6 Å². The van der Waals surface area contributed by atoms with E-state index >= 15 is 0 Å². The first kappa shape index (κ1) is 24.9. The Hall–Kier alpha value is -3.16. The fourth-order valence-electron chi connectivity index (χ4n) is 4.55. The van der Waals surface area contributed by atoms with E-state index in [1.807, 2.05) is 71.4 Å². The van der Waals surface area contributed by atoms with Gasteiger partial charge in [0.25, 0.3) is 0 Å². The third-order valence-electron chi connectivity index (χ3n) is 6.17. The Labute approximate surface area is 210 Å². The second-order valence-electron chi connectivity index (χ2n) is 9.96. The molecule has 0 spiro atoms. The molecule has 35 heavy (non-hydrogen) atoms. The minimum atomic E-state index is -1.18. The standard InChI is InChI=1S/C27H31ClN4O3/c1-15-17(3)32(14-18-12-29-31(7)13-18)25-21(15)23(19-8-10-20(28)11-9-19)22(16(2)30-25)24(26(33)34)35-27(4,5)6/h8-13,24H,14H2,1-7H3,(H,33,34)/t24-/m0/s1. The van der Waals surface area contributed by atoms with Gasteiger partial charge in [0.05, 0.1) is 18.3 Å². The molecule has 1 aromatic carbocycles. The Morgan fingerprint density at radius 1 is 1.17 bits per heavy atom. The highest BCUT2D eigenvalue weighted by Gasteiger charge is 2.33. The number of carbonyl (C=O) groups is 1. The number of carboxylic acid groups (broad SMARTS) is 1. The van der Waals surface area contributed by atoms with E-state index in [9.17, 15) is 9.90 Å². The summed E-state index contributed by atoms with van der Waals surface area (Å²) in [4.78, 5) is 17.5. The minimum absolute atomic E-state index is 0.559. The number of rotatable bonds is 6. The summed E-state index contributed by atoms with van der Waals surface area (Å²) in [6.07, 6.45) is 2.65. The van der Waals surface area contributed by atoms with Crippen LogP contribution in [0.1, 0.15) is 55.0 Å². The van der Waals surface area contributed by atoms with Crippen molar-refractivity contribution in [3.8, 4) is 11.1 Å². The number of benzene rings is 1. The molecule has 3 heterocycles. The molecule has 0 aliphatic rings. The van der Waals surface area contributed by atoms with Gasteiger partial charge in [0.15, 0.2) is 6.10 Å². The molecule has 8 heteroatoms. The van der Waals surface area contributed by atoms with Crippen molar-refractivity contribution in [2.45, 2.75) is 59.8 Å². The van der Waals surface area contributed by atoms with Gasteiger partial charge < -0.3 is 14.4 Å². The monoisotopic (exact) mass is 494 g/mol. The van der Waals surface area contributed by atoms with Gasteiger partial charge in [-0.2, -0.15) is 5.10 Å². The number of carboxylic acids is 1. The third kappa shape index (κ3) is 4.83. The summed E-state index contributed by atoms with van der Waals surface area (Å²) in [5.41, 5.74) is 6.15. The zero-order valence-electron chi connectivity index (χ0n) is 21.2. The van der Waals surface area contributed by atoms with E-state index in [4.69, 9.17) is 21.3 Å². The molecule has 3 aromatic heterocycles. The Morgan fingerprint density at radius 2 is 1.83 bits per heavy atom. The van der Waals surface area contributed by atoms with Crippen LogP contribution in [0.4, 0.5) is 0 Å². The molecule has 0 aliphatic heterocycles. The van der Waals surface area contributed by atoms with E-state index in [1.165, 1.54) is 0 Å². The highest BCUT2D eigenvalue weighted by atomic mass is 35.5. The van der Waals surface area contributed by atoms with E-state index in [-0.39, 0.29) is 0 Å². The van der Waals surface area contributed by atoms with Crippen molar-refractivity contribution in [1.82, 2.24) is 19.3 Å². The molecule has 0 amide bonds. The maximum Gasteiger partial charge on any atom is 0.337 e. The van der Waals surface area contributed by atoms with Crippen molar-refractivity contribution in [3.63, 3.8) is 0 Å². The summed E-state index contributed by atoms with van der Waals surface area (Å²) >= 11 is 6.20. The molecule has 1 atom stereocenters. The highest BCUT2D eigenvalue weighted by Crippen LogP contribution is 2.42. The summed E-state index contributed by atoms with van der Waals surface area (Å²) in [5, 5.41) is 16.1. The van der Waals surface area contributed by atoms with Crippen molar-refractivity contribution < 1.29 is 14.6 Å². The Balaban J connectivity index is 2.07. The molecule has 0 radical (unpaired) electrons. The quantitative estimate of drug-likeness (QED) is 0.355. The van der Waals surface area contributed by atoms with Crippen LogP contribution in [0.2, 0.25) is 5.02 Å². The van der Waals surface area contributed by atoms with Crippen LogP contribution in [0, 0.1) is 20.8 Å². The molecule has 0 fully saturated rings. The maximum atomic E-state index is 12.5. The zero-order valence-corrected chi connectivity index (χ0v) is 21.9. The van der Waals surface area contributed by atoms with Crippen LogP contribution in [0.15, 0.2) is 36.7 Å². The number of hydrogen-bond donors (Lipinski definition) is 1. The van der Waals surface area contributed by atoms with E-state index in [1.54, 1.807) is 4.68 Å². The molecule has 0 aliphatic carbocycles. The third-order valence-corrected chi connectivity index (χ3v) is 6.43. The van der Waals surface area contributed by atoms with Gasteiger partial charge in [-0.25, -0.2) is 9.78 Å². The number of fused-ring (bicyclic) bond motifs is 1. The van der Waals surface area contributed by atoms with E-state index in [0.717, 1.165) is 39.0 Å². The van der Waals surface area contributed by atoms with Gasteiger partial charge in [-0.1, -0.05) is 23.7 Å². The van der Waals surface area contributed by atoms with Crippen LogP contribution in [0.25, 0.3) is 22.2 Å². The van der Waals surface area contributed by atoms with E-state index < -0.39 is 17.7 Å². The van der Waals surface area contributed by atoms with Crippen LogP contribution in [0.3, 0.4) is 0 Å². The molecular formula is C27H31ClN4O3. The molecule has 0 saturated carbocycles. The lowest BCUT2D eigenvalue weighted by atomic mass is 9.91. The summed E-state index contributed by atoms with van der Waals surface area (Å²) < 4.78 is 10.0. The number of aryl methyl sites for hydroxylation is 3. The van der Waals surface area contributed by atoms with Gasteiger partial charge in [0.1, 0.15) is 5.65 Å². The van der Waals surface area contributed by atoms with Crippen LogP contribution in [0.5, 0.6) is 0 Å². The molecule has 4 rings (SSSR count). The smallest absolute Gasteiger partial charge is 0.337 e. The number of halogens is 1. The molecule has 0 bridgehead atoms. The van der Waals surface area contributed by atoms with Crippen molar-refractivity contribution in [2.75, 3.05) is 0 Å². The molecule has 0 unspecified atom stereocenters. The fourth-order valence-corrected chi connectivity index (χ4v) is 4.67. The lowest BCUT2D eigenvalue weighted by molar-refractivity contribution is -0.160. The highest BCUT2D eigenvalue weighted by molar-refractivity contribution is 6.30. The number of pyridine rings is 1. The SMILES string of the molecule is Cc1nc2c(c(C)c(C)n2Cc2cnn(C)c2)c(-c2ccc(Cl)cc2)c1[C@H](OC(C)(C)C)C(=O)O. The number of aliphatic carboxylic acids is 1. The molecular weight excluding hydrogens is 464 g/mol. The fraction of sp³-hybridized carbons (Fsp3) is 0.370. The van der Waals surface area contributed by atoms with Crippen molar-refractivity contribution in [3.05, 3.63) is 69.8 Å².